The smallest absolute Gasteiger partial charge is 0.118 e. The van der Waals surface area contributed by atoms with Crippen molar-refractivity contribution in [2.75, 3.05) is 6.23 Å². The fourth-order valence-electron chi connectivity index (χ4n) is 4.49. The monoisotopic (exact) mass is 410 g/mol. The first kappa shape index (κ1) is 21.4. The van der Waals surface area contributed by atoms with Crippen LogP contribution in [0.3, 0.4) is 0 Å². The zero-order valence-electron chi connectivity index (χ0n) is 18.0. The van der Waals surface area contributed by atoms with Crippen LogP contribution in [-0.2, 0) is 6.04 Å². The van der Waals surface area contributed by atoms with Gasteiger partial charge in [0.05, 0.1) is 25.3 Å². The van der Waals surface area contributed by atoms with Crippen molar-refractivity contribution in [1.82, 2.24) is 0 Å². The summed E-state index contributed by atoms with van der Waals surface area (Å²) in [7, 11) is -0.252. The van der Waals surface area contributed by atoms with Gasteiger partial charge in [0.15, 0.2) is 0 Å². The topological polar surface area (TPSA) is 9.23 Å². The van der Waals surface area contributed by atoms with Crippen LogP contribution in [0.5, 0.6) is 5.75 Å². The van der Waals surface area contributed by atoms with Gasteiger partial charge < -0.3 is 4.74 Å². The molecule has 152 valence electrons. The van der Waals surface area contributed by atoms with Gasteiger partial charge >= 0.3 is 0 Å². The molecule has 0 unspecified atom stereocenters. The van der Waals surface area contributed by atoms with E-state index in [1.807, 2.05) is 0 Å². The van der Waals surface area contributed by atoms with Crippen molar-refractivity contribution >= 4 is 24.2 Å². The predicted octanol–water partition coefficient (Wildman–Crippen LogP) is 4.70. The second kappa shape index (κ2) is 11.6. The molecule has 3 heteroatoms. The number of ether oxygens (including phenoxy) is 1. The number of hydrogen-bond acceptors (Lipinski definition) is 1. The van der Waals surface area contributed by atoms with Crippen LogP contribution < -0.4 is 9.92 Å². The first-order valence-corrected chi connectivity index (χ1v) is 15.7. The van der Waals surface area contributed by atoms with Crippen LogP contribution in [0.4, 0.5) is 0 Å². The first-order chi connectivity index (χ1) is 13.8. The van der Waals surface area contributed by atoms with Crippen LogP contribution in [0.2, 0.25) is 6.55 Å². The summed E-state index contributed by atoms with van der Waals surface area (Å²) in [6.45, 7) is 4.60. The molecule has 1 fully saturated rings. The molecule has 1 aliphatic rings. The van der Waals surface area contributed by atoms with E-state index in [2.05, 4.69) is 62.0 Å². The normalized spacial score (nSPS) is 20.4. The van der Waals surface area contributed by atoms with Gasteiger partial charge in [0.1, 0.15) is 5.75 Å². The van der Waals surface area contributed by atoms with Gasteiger partial charge in [-0.25, -0.2) is 0 Å². The Labute approximate surface area is 176 Å². The molecule has 0 bridgehead atoms. The molecule has 0 saturated heterocycles. The standard InChI is InChI=1S/C25H38OSi2/c1-3-4-5-20-6-10-22(11-7-20)23-12-16-25(17-13-23)28-18-21-8-14-24(15-9-21)26-19-27-2/h8-9,12-17,20,22H,3-7,10-11,18-19,27-28H2,1-2H3. The van der Waals surface area contributed by atoms with E-state index in [0.717, 1.165) is 23.8 Å². The maximum absolute atomic E-state index is 5.74. The lowest BCUT2D eigenvalue weighted by Gasteiger charge is -2.29. The lowest BCUT2D eigenvalue weighted by molar-refractivity contribution is 0.304. The molecule has 0 spiro atoms. The molecule has 28 heavy (non-hydrogen) atoms. The van der Waals surface area contributed by atoms with Gasteiger partial charge in [0.25, 0.3) is 0 Å². The molecule has 2 aromatic rings. The SMILES string of the molecule is CCCCC1CCC(c2ccc([SiH2]Cc3ccc(OC[SiH2]C)cc3)cc2)CC1. The van der Waals surface area contributed by atoms with E-state index in [-0.39, 0.29) is 19.0 Å². The molecular weight excluding hydrogens is 372 g/mol. The van der Waals surface area contributed by atoms with Crippen molar-refractivity contribution in [3.63, 3.8) is 0 Å². The fourth-order valence-corrected chi connectivity index (χ4v) is 6.41. The maximum atomic E-state index is 5.74. The zero-order chi connectivity index (χ0) is 19.6. The predicted molar refractivity (Wildman–Crippen MR) is 129 cm³/mol. The Balaban J connectivity index is 1.44. The van der Waals surface area contributed by atoms with E-state index in [1.54, 1.807) is 10.8 Å². The highest BCUT2D eigenvalue weighted by atomic mass is 28.2. The molecule has 1 aliphatic carbocycles. The van der Waals surface area contributed by atoms with E-state index in [0.29, 0.717) is 0 Å². The fraction of sp³-hybridized carbons (Fsp3) is 0.520. The lowest BCUT2D eigenvalue weighted by atomic mass is 9.77. The minimum atomic E-state index is -0.234. The van der Waals surface area contributed by atoms with Crippen LogP contribution in [0.1, 0.15) is 68.9 Å². The zero-order valence-corrected chi connectivity index (χ0v) is 20.8. The quantitative estimate of drug-likeness (QED) is 0.516. The Hall–Kier alpha value is -1.33. The second-order valence-corrected chi connectivity index (χ2v) is 11.8. The van der Waals surface area contributed by atoms with E-state index < -0.39 is 0 Å². The number of unbranched alkanes of at least 4 members (excludes halogenated alkanes) is 1. The highest BCUT2D eigenvalue weighted by Crippen LogP contribution is 2.37. The van der Waals surface area contributed by atoms with Crippen LogP contribution in [0.15, 0.2) is 48.5 Å². The average Bonchev–Trinajstić information content (AvgIpc) is 2.76. The molecule has 0 radical (unpaired) electrons. The first-order valence-electron chi connectivity index (χ1n) is 11.6. The van der Waals surface area contributed by atoms with E-state index in [4.69, 9.17) is 4.74 Å². The molecule has 2 aromatic carbocycles. The van der Waals surface area contributed by atoms with Gasteiger partial charge in [-0.1, -0.05) is 79.9 Å². The van der Waals surface area contributed by atoms with Crippen molar-refractivity contribution < 1.29 is 4.74 Å². The molecular formula is C25H38OSi2. The van der Waals surface area contributed by atoms with Crippen molar-refractivity contribution in [3.05, 3.63) is 59.7 Å². The second-order valence-electron chi connectivity index (χ2n) is 8.59. The van der Waals surface area contributed by atoms with Crippen molar-refractivity contribution in [2.24, 2.45) is 5.92 Å². The van der Waals surface area contributed by atoms with Gasteiger partial charge in [0, 0.05) is 0 Å². The number of benzene rings is 2. The van der Waals surface area contributed by atoms with Crippen LogP contribution in [-0.4, -0.2) is 25.3 Å². The van der Waals surface area contributed by atoms with Crippen molar-refractivity contribution in [3.8, 4) is 5.75 Å². The molecule has 1 nitrogen and oxygen atoms in total. The van der Waals surface area contributed by atoms with Gasteiger partial charge in [0.2, 0.25) is 0 Å². The minimum Gasteiger partial charge on any atom is -0.498 e. The third kappa shape index (κ3) is 6.63. The lowest BCUT2D eigenvalue weighted by Crippen LogP contribution is -2.18. The van der Waals surface area contributed by atoms with Crippen LogP contribution >= 0.6 is 0 Å². The molecule has 0 N–H and O–H groups in total. The summed E-state index contributed by atoms with van der Waals surface area (Å²) in [6.07, 6.45) is 10.9. The van der Waals surface area contributed by atoms with Gasteiger partial charge in [-0.05, 0) is 61.3 Å². The molecule has 1 saturated carbocycles. The molecule has 0 aromatic heterocycles. The minimum absolute atomic E-state index is 0.0172. The average molecular weight is 411 g/mol. The van der Waals surface area contributed by atoms with Crippen molar-refractivity contribution in [2.45, 2.75) is 70.4 Å². The molecule has 0 heterocycles. The Morgan fingerprint density at radius 2 is 1.64 bits per heavy atom. The van der Waals surface area contributed by atoms with Crippen molar-refractivity contribution in [1.29, 1.82) is 0 Å². The Bertz CT molecular complexity index is 673. The van der Waals surface area contributed by atoms with Gasteiger partial charge in [-0.2, -0.15) is 0 Å². The largest absolute Gasteiger partial charge is 0.498 e. The van der Waals surface area contributed by atoms with Crippen LogP contribution in [0, 0.1) is 5.92 Å². The summed E-state index contributed by atoms with van der Waals surface area (Å²) in [5, 5.41) is 1.60. The summed E-state index contributed by atoms with van der Waals surface area (Å²) in [5.74, 6) is 2.85. The Morgan fingerprint density at radius 1 is 0.929 bits per heavy atom. The maximum Gasteiger partial charge on any atom is 0.118 e. The summed E-state index contributed by atoms with van der Waals surface area (Å²) in [5.41, 5.74) is 3.05. The number of rotatable bonds is 10. The Kier molecular flexibility index (Phi) is 8.88. The Morgan fingerprint density at radius 3 is 2.29 bits per heavy atom. The van der Waals surface area contributed by atoms with E-state index in [1.165, 1.54) is 56.6 Å². The highest BCUT2D eigenvalue weighted by Gasteiger charge is 2.21. The summed E-state index contributed by atoms with van der Waals surface area (Å²) in [4.78, 5) is 0. The van der Waals surface area contributed by atoms with Crippen LogP contribution in [0.25, 0.3) is 0 Å². The third-order valence-electron chi connectivity index (χ3n) is 6.36. The molecule has 3 rings (SSSR count). The molecule has 0 atom stereocenters. The van der Waals surface area contributed by atoms with Gasteiger partial charge in [-0.3, -0.25) is 0 Å². The summed E-state index contributed by atoms with van der Waals surface area (Å²) in [6, 6.07) is 19.8. The molecule has 0 aliphatic heterocycles. The number of hydrogen-bond donors (Lipinski definition) is 0. The summed E-state index contributed by atoms with van der Waals surface area (Å²) >= 11 is 0. The van der Waals surface area contributed by atoms with E-state index >= 15 is 0 Å². The third-order valence-corrected chi connectivity index (χ3v) is 8.85. The van der Waals surface area contributed by atoms with E-state index in [9.17, 15) is 0 Å². The van der Waals surface area contributed by atoms with Gasteiger partial charge in [-0.15, -0.1) is 0 Å². The molecule has 0 amide bonds. The highest BCUT2D eigenvalue weighted by molar-refractivity contribution is 6.52. The summed E-state index contributed by atoms with van der Waals surface area (Å²) < 4.78 is 5.74.